The molecule has 2 N–H and O–H groups in total. The SMILES string of the molecule is C=CCn1c(C)c(C(N)=O)c(-c2cccnc2)c1CCC(=O)OC. The zero-order chi connectivity index (χ0) is 17.7. The summed E-state index contributed by atoms with van der Waals surface area (Å²) in [5, 5.41) is 0. The average Bonchev–Trinajstić information content (AvgIpc) is 2.86. The quantitative estimate of drug-likeness (QED) is 0.624. The highest BCUT2D eigenvalue weighted by Gasteiger charge is 2.24. The molecule has 2 aromatic heterocycles. The number of nitrogens with two attached hydrogens (primary N) is 1. The molecule has 6 heteroatoms. The van der Waals surface area contributed by atoms with Crippen molar-refractivity contribution < 1.29 is 14.3 Å². The van der Waals surface area contributed by atoms with Gasteiger partial charge in [-0.25, -0.2) is 0 Å². The van der Waals surface area contributed by atoms with Crippen molar-refractivity contribution in [1.29, 1.82) is 0 Å². The second-order valence-electron chi connectivity index (χ2n) is 5.36. The molecule has 0 radical (unpaired) electrons. The molecule has 0 aromatic carbocycles. The van der Waals surface area contributed by atoms with Gasteiger partial charge in [0, 0.05) is 41.5 Å². The summed E-state index contributed by atoms with van der Waals surface area (Å²) < 4.78 is 6.69. The molecule has 0 aliphatic heterocycles. The van der Waals surface area contributed by atoms with Gasteiger partial charge in [-0.1, -0.05) is 12.1 Å². The third kappa shape index (κ3) is 3.37. The summed E-state index contributed by atoms with van der Waals surface area (Å²) in [5.41, 5.74) is 9.18. The number of nitrogens with zero attached hydrogens (tertiary/aromatic N) is 2. The first-order valence-corrected chi connectivity index (χ1v) is 7.61. The maximum Gasteiger partial charge on any atom is 0.305 e. The number of hydrogen-bond donors (Lipinski definition) is 1. The highest BCUT2D eigenvalue weighted by Crippen LogP contribution is 2.33. The van der Waals surface area contributed by atoms with Crippen molar-refractivity contribution in [2.24, 2.45) is 5.73 Å². The maximum atomic E-state index is 12.1. The van der Waals surface area contributed by atoms with E-state index in [-0.39, 0.29) is 12.4 Å². The van der Waals surface area contributed by atoms with Gasteiger partial charge in [0.1, 0.15) is 0 Å². The molecule has 1 amide bonds. The summed E-state index contributed by atoms with van der Waals surface area (Å²) in [7, 11) is 1.35. The average molecular weight is 327 g/mol. The third-order valence-corrected chi connectivity index (χ3v) is 3.93. The molecule has 0 saturated heterocycles. The fraction of sp³-hybridized carbons (Fsp3) is 0.278. The molecule has 0 atom stereocenters. The fourth-order valence-corrected chi connectivity index (χ4v) is 2.88. The number of esters is 1. The Labute approximate surface area is 140 Å². The Hall–Kier alpha value is -2.89. The van der Waals surface area contributed by atoms with Gasteiger partial charge in [-0.05, 0) is 19.4 Å². The van der Waals surface area contributed by atoms with Crippen molar-refractivity contribution >= 4 is 11.9 Å². The standard InChI is InChI=1S/C18H21N3O3/c1-4-10-21-12(2)16(18(19)23)17(13-6-5-9-20-11-13)14(21)7-8-15(22)24-3/h4-6,9,11H,1,7-8,10H2,2-3H3,(H2,19,23). The Morgan fingerprint density at radius 1 is 1.46 bits per heavy atom. The predicted molar refractivity (Wildman–Crippen MR) is 91.5 cm³/mol. The lowest BCUT2D eigenvalue weighted by Gasteiger charge is -2.11. The van der Waals surface area contributed by atoms with Crippen LogP contribution in [0, 0.1) is 6.92 Å². The van der Waals surface area contributed by atoms with Gasteiger partial charge in [0.2, 0.25) is 0 Å². The van der Waals surface area contributed by atoms with Gasteiger partial charge in [0.05, 0.1) is 19.1 Å². The van der Waals surface area contributed by atoms with E-state index in [0.29, 0.717) is 18.5 Å². The van der Waals surface area contributed by atoms with E-state index < -0.39 is 5.91 Å². The van der Waals surface area contributed by atoms with Crippen molar-refractivity contribution in [2.75, 3.05) is 7.11 Å². The number of hydrogen-bond acceptors (Lipinski definition) is 4. The summed E-state index contributed by atoms with van der Waals surface area (Å²) in [4.78, 5) is 27.7. The lowest BCUT2D eigenvalue weighted by atomic mass is 9.99. The van der Waals surface area contributed by atoms with Crippen LogP contribution in [0.3, 0.4) is 0 Å². The molecule has 0 fully saturated rings. The summed E-state index contributed by atoms with van der Waals surface area (Å²) in [6, 6.07) is 3.67. The van der Waals surface area contributed by atoms with Crippen LogP contribution in [0.4, 0.5) is 0 Å². The monoisotopic (exact) mass is 327 g/mol. The van der Waals surface area contributed by atoms with Crippen molar-refractivity contribution in [3.63, 3.8) is 0 Å². The van der Waals surface area contributed by atoms with E-state index in [1.54, 1.807) is 24.5 Å². The summed E-state index contributed by atoms with van der Waals surface area (Å²) in [5.74, 6) is -0.815. The van der Waals surface area contributed by atoms with Gasteiger partial charge >= 0.3 is 5.97 Å². The number of amides is 1. The molecular formula is C18H21N3O3. The number of pyridine rings is 1. The molecule has 2 heterocycles. The van der Waals surface area contributed by atoms with Crippen LogP contribution in [0.1, 0.15) is 28.2 Å². The first-order chi connectivity index (χ1) is 11.5. The van der Waals surface area contributed by atoms with Gasteiger partial charge in [0.25, 0.3) is 5.91 Å². The number of methoxy groups -OCH3 is 1. The lowest BCUT2D eigenvalue weighted by Crippen LogP contribution is -2.13. The molecule has 126 valence electrons. The zero-order valence-corrected chi connectivity index (χ0v) is 13.9. The normalized spacial score (nSPS) is 10.4. The molecule has 0 unspecified atom stereocenters. The zero-order valence-electron chi connectivity index (χ0n) is 13.9. The van der Waals surface area contributed by atoms with Crippen LogP contribution in [0.2, 0.25) is 0 Å². The van der Waals surface area contributed by atoms with Crippen LogP contribution in [-0.2, 0) is 22.5 Å². The van der Waals surface area contributed by atoms with Crippen LogP contribution in [0.25, 0.3) is 11.1 Å². The van der Waals surface area contributed by atoms with Gasteiger partial charge in [-0.15, -0.1) is 6.58 Å². The number of rotatable bonds is 7. The van der Waals surface area contributed by atoms with E-state index in [1.807, 2.05) is 17.6 Å². The lowest BCUT2D eigenvalue weighted by molar-refractivity contribution is -0.140. The molecule has 0 spiro atoms. The number of allylic oxidation sites excluding steroid dienone is 1. The summed E-state index contributed by atoms with van der Waals surface area (Å²) >= 11 is 0. The molecule has 0 aliphatic carbocycles. The Morgan fingerprint density at radius 3 is 2.75 bits per heavy atom. The van der Waals surface area contributed by atoms with Crippen molar-refractivity contribution in [3.05, 3.63) is 54.1 Å². The second-order valence-corrected chi connectivity index (χ2v) is 5.36. The van der Waals surface area contributed by atoms with Crippen molar-refractivity contribution in [1.82, 2.24) is 9.55 Å². The summed E-state index contributed by atoms with van der Waals surface area (Å²) in [6.07, 6.45) is 5.73. The molecule has 0 aliphatic rings. The largest absolute Gasteiger partial charge is 0.469 e. The van der Waals surface area contributed by atoms with Crippen LogP contribution in [0.15, 0.2) is 37.2 Å². The molecule has 6 nitrogen and oxygen atoms in total. The topological polar surface area (TPSA) is 87.2 Å². The molecule has 0 bridgehead atoms. The molecule has 2 rings (SSSR count). The smallest absolute Gasteiger partial charge is 0.305 e. The third-order valence-electron chi connectivity index (χ3n) is 3.93. The van der Waals surface area contributed by atoms with Crippen molar-refractivity contribution in [2.45, 2.75) is 26.3 Å². The number of aromatic nitrogens is 2. The van der Waals surface area contributed by atoms with Crippen LogP contribution >= 0.6 is 0 Å². The van der Waals surface area contributed by atoms with Crippen LogP contribution < -0.4 is 5.73 Å². The molecule has 0 saturated carbocycles. The Kier molecular flexibility index (Phi) is 5.52. The Balaban J connectivity index is 2.67. The highest BCUT2D eigenvalue weighted by atomic mass is 16.5. The van der Waals surface area contributed by atoms with E-state index in [1.165, 1.54) is 7.11 Å². The Morgan fingerprint density at radius 2 is 2.21 bits per heavy atom. The molecular weight excluding hydrogens is 306 g/mol. The predicted octanol–water partition coefficient (Wildman–Crippen LogP) is 2.25. The van der Waals surface area contributed by atoms with Crippen LogP contribution in [0.5, 0.6) is 0 Å². The minimum atomic E-state index is -0.506. The van der Waals surface area contributed by atoms with Gasteiger partial charge in [0.15, 0.2) is 0 Å². The number of carbonyl (C=O) groups excluding carboxylic acids is 2. The molecule has 24 heavy (non-hydrogen) atoms. The van der Waals surface area contributed by atoms with Gasteiger partial charge < -0.3 is 15.0 Å². The molecule has 2 aromatic rings. The van der Waals surface area contributed by atoms with E-state index in [9.17, 15) is 9.59 Å². The van der Waals surface area contributed by atoms with E-state index >= 15 is 0 Å². The van der Waals surface area contributed by atoms with Crippen molar-refractivity contribution in [3.8, 4) is 11.1 Å². The second kappa shape index (κ2) is 7.59. The van der Waals surface area contributed by atoms with E-state index in [0.717, 1.165) is 22.5 Å². The summed E-state index contributed by atoms with van der Waals surface area (Å²) in [6.45, 7) is 6.12. The number of primary amides is 1. The number of ether oxygens (including phenoxy) is 1. The first-order valence-electron chi connectivity index (χ1n) is 7.61. The van der Waals surface area contributed by atoms with E-state index in [2.05, 4.69) is 11.6 Å². The minimum Gasteiger partial charge on any atom is -0.469 e. The highest BCUT2D eigenvalue weighted by molar-refractivity contribution is 6.02. The van der Waals surface area contributed by atoms with E-state index in [4.69, 9.17) is 10.5 Å². The fourth-order valence-electron chi connectivity index (χ4n) is 2.88. The van der Waals surface area contributed by atoms with Gasteiger partial charge in [-0.2, -0.15) is 0 Å². The minimum absolute atomic E-state index is 0.211. The number of carbonyl (C=O) groups is 2. The Bertz CT molecular complexity index is 764. The van der Waals surface area contributed by atoms with Crippen LogP contribution in [-0.4, -0.2) is 28.5 Å². The maximum absolute atomic E-state index is 12.1. The first kappa shape index (κ1) is 17.5. The van der Waals surface area contributed by atoms with Gasteiger partial charge in [-0.3, -0.25) is 14.6 Å².